The molecule has 248 valence electrons. The highest BCUT2D eigenvalue weighted by atomic mass is 35.5. The molecule has 2 aliphatic heterocycles. The SMILES string of the molecule is COCCn1cnc2ccc(Sc3nc(C(C)=O)c(N4CCC5(CC4)CO[C@@H](C)[C@H]5NC(=O)OC(C)(C)C)nc3N)c(Cl)c2c1=O. The molecule has 2 atom stereocenters. The number of rotatable bonds is 8. The summed E-state index contributed by atoms with van der Waals surface area (Å²) in [6.45, 7) is 11.2. The van der Waals surface area contributed by atoms with Crippen LogP contribution in [-0.2, 0) is 20.8 Å². The van der Waals surface area contributed by atoms with Crippen LogP contribution < -0.4 is 21.5 Å². The van der Waals surface area contributed by atoms with Crippen molar-refractivity contribution in [1.29, 1.82) is 0 Å². The molecule has 4 heterocycles. The van der Waals surface area contributed by atoms with E-state index in [1.165, 1.54) is 17.8 Å². The highest BCUT2D eigenvalue weighted by Crippen LogP contribution is 2.44. The Morgan fingerprint density at radius 2 is 1.96 bits per heavy atom. The molecule has 0 unspecified atom stereocenters. The van der Waals surface area contributed by atoms with Crippen LogP contribution in [0.4, 0.5) is 16.4 Å². The Morgan fingerprint density at radius 3 is 2.61 bits per heavy atom. The number of ether oxygens (including phenoxy) is 3. The number of carbonyl (C=O) groups is 2. The van der Waals surface area contributed by atoms with Crippen LogP contribution in [-0.4, -0.2) is 82.6 Å². The van der Waals surface area contributed by atoms with Crippen molar-refractivity contribution in [2.75, 3.05) is 44.0 Å². The van der Waals surface area contributed by atoms with Crippen LogP contribution in [0.5, 0.6) is 0 Å². The summed E-state index contributed by atoms with van der Waals surface area (Å²) in [6.07, 6.45) is 2.20. The molecule has 13 nitrogen and oxygen atoms in total. The topological polar surface area (TPSA) is 164 Å². The van der Waals surface area contributed by atoms with Crippen molar-refractivity contribution in [3.63, 3.8) is 0 Å². The lowest BCUT2D eigenvalue weighted by Crippen LogP contribution is -2.55. The number of piperidine rings is 1. The zero-order chi connectivity index (χ0) is 33.4. The molecule has 1 aromatic carbocycles. The largest absolute Gasteiger partial charge is 0.444 e. The van der Waals surface area contributed by atoms with Crippen LogP contribution in [0.25, 0.3) is 10.9 Å². The predicted molar refractivity (Wildman–Crippen MR) is 176 cm³/mol. The number of alkyl carbamates (subject to hydrolysis) is 1. The van der Waals surface area contributed by atoms with E-state index in [1.54, 1.807) is 19.2 Å². The molecular formula is C31H40ClN7O6S. The number of nitrogen functional groups attached to an aromatic ring is 1. The van der Waals surface area contributed by atoms with Gasteiger partial charge in [0.15, 0.2) is 17.4 Å². The van der Waals surface area contributed by atoms with Crippen molar-refractivity contribution < 1.29 is 23.8 Å². The van der Waals surface area contributed by atoms with Gasteiger partial charge in [0.05, 0.1) is 54.2 Å². The molecule has 46 heavy (non-hydrogen) atoms. The molecule has 0 bridgehead atoms. The third kappa shape index (κ3) is 6.94. The first kappa shape index (κ1) is 33.9. The Bertz CT molecular complexity index is 1700. The number of nitrogens with one attached hydrogen (secondary N) is 1. The number of methoxy groups -OCH3 is 1. The highest BCUT2D eigenvalue weighted by Gasteiger charge is 2.51. The van der Waals surface area contributed by atoms with Gasteiger partial charge in [-0.25, -0.2) is 19.7 Å². The first-order valence-corrected chi connectivity index (χ1v) is 16.3. The van der Waals surface area contributed by atoms with Crippen LogP contribution in [0.1, 0.15) is 57.9 Å². The van der Waals surface area contributed by atoms with E-state index >= 15 is 0 Å². The molecule has 3 aromatic rings. The van der Waals surface area contributed by atoms with Crippen molar-refractivity contribution in [2.45, 2.75) is 81.7 Å². The Kier molecular flexibility index (Phi) is 9.83. The number of aromatic nitrogens is 4. The fourth-order valence-electron chi connectivity index (χ4n) is 5.98. The molecule has 15 heteroatoms. The van der Waals surface area contributed by atoms with Crippen LogP contribution >= 0.6 is 23.4 Å². The maximum absolute atomic E-state index is 13.2. The highest BCUT2D eigenvalue weighted by molar-refractivity contribution is 7.99. The Hall–Kier alpha value is -3.46. The molecule has 0 radical (unpaired) electrons. The molecule has 3 N–H and O–H groups in total. The lowest BCUT2D eigenvalue weighted by Gasteiger charge is -2.43. The first-order valence-electron chi connectivity index (χ1n) is 15.1. The second kappa shape index (κ2) is 13.3. The second-order valence-electron chi connectivity index (χ2n) is 12.7. The van der Waals surface area contributed by atoms with E-state index in [0.29, 0.717) is 66.9 Å². The fraction of sp³-hybridized carbons (Fsp3) is 0.548. The lowest BCUT2D eigenvalue weighted by atomic mass is 9.73. The average molecular weight is 674 g/mol. The third-order valence-electron chi connectivity index (χ3n) is 8.34. The quantitative estimate of drug-likeness (QED) is 0.326. The van der Waals surface area contributed by atoms with E-state index in [2.05, 4.69) is 20.3 Å². The smallest absolute Gasteiger partial charge is 0.407 e. The van der Waals surface area contributed by atoms with Gasteiger partial charge >= 0.3 is 6.09 Å². The van der Waals surface area contributed by atoms with Gasteiger partial charge in [-0.2, -0.15) is 0 Å². The fourth-order valence-corrected chi connectivity index (χ4v) is 7.16. The van der Waals surface area contributed by atoms with Crippen LogP contribution in [0.2, 0.25) is 5.02 Å². The summed E-state index contributed by atoms with van der Waals surface area (Å²) in [5, 5.41) is 3.83. The molecular weight excluding hydrogens is 634 g/mol. The third-order valence-corrected chi connectivity index (χ3v) is 9.89. The minimum Gasteiger partial charge on any atom is -0.444 e. The summed E-state index contributed by atoms with van der Waals surface area (Å²) in [7, 11) is 1.56. The molecule has 2 aromatic heterocycles. The number of nitrogens with zero attached hydrogens (tertiary/aromatic N) is 5. The summed E-state index contributed by atoms with van der Waals surface area (Å²) in [6, 6.07) is 3.22. The molecule has 2 saturated heterocycles. The van der Waals surface area contributed by atoms with Gasteiger partial charge in [0.2, 0.25) is 0 Å². The number of Topliss-reactive ketones (excluding diaryl/α,β-unsaturated/α-hetero) is 1. The van der Waals surface area contributed by atoms with E-state index < -0.39 is 11.7 Å². The number of carbonyl (C=O) groups excluding carboxylic acids is 2. The lowest BCUT2D eigenvalue weighted by molar-refractivity contribution is 0.0434. The van der Waals surface area contributed by atoms with Crippen LogP contribution in [0, 0.1) is 5.41 Å². The maximum Gasteiger partial charge on any atom is 0.407 e. The van der Waals surface area contributed by atoms with E-state index in [-0.39, 0.29) is 50.8 Å². The molecule has 1 amide bonds. The molecule has 0 saturated carbocycles. The number of nitrogens with two attached hydrogens (primary N) is 1. The van der Waals surface area contributed by atoms with Gasteiger partial charge in [-0.3, -0.25) is 14.2 Å². The van der Waals surface area contributed by atoms with Gasteiger partial charge in [-0.05, 0) is 52.7 Å². The normalized spacial score (nSPS) is 19.5. The van der Waals surface area contributed by atoms with Crippen molar-refractivity contribution in [3.05, 3.63) is 39.5 Å². The second-order valence-corrected chi connectivity index (χ2v) is 14.2. The van der Waals surface area contributed by atoms with E-state index in [9.17, 15) is 14.4 Å². The van der Waals surface area contributed by atoms with E-state index in [0.717, 1.165) is 11.8 Å². The van der Waals surface area contributed by atoms with Crippen LogP contribution in [0.3, 0.4) is 0 Å². The van der Waals surface area contributed by atoms with Gasteiger partial charge in [0.25, 0.3) is 5.56 Å². The zero-order valence-corrected chi connectivity index (χ0v) is 28.5. The standard InChI is InChI=1S/C31H40ClN7O6S/c1-17(40)23-26(38-11-9-31(10-12-38)15-44-18(2)24(31)36-29(42)45-30(3,4)5)37-25(33)27(35-23)46-20-8-7-19-21(22(20)32)28(41)39(16-34-19)13-14-43-6/h7-8,16,18,24H,9-15H2,1-6H3,(H2,33,37)(H,36,42)/t18-,24+/m0/s1. The average Bonchev–Trinajstić information content (AvgIpc) is 3.27. The number of amides is 1. The predicted octanol–water partition coefficient (Wildman–Crippen LogP) is 4.32. The number of hydrogen-bond donors (Lipinski definition) is 2. The summed E-state index contributed by atoms with van der Waals surface area (Å²) in [5.74, 6) is 0.275. The van der Waals surface area contributed by atoms with Gasteiger partial charge in [0, 0.05) is 37.4 Å². The number of fused-ring (bicyclic) bond motifs is 1. The number of benzene rings is 1. The number of ketones is 1. The number of anilines is 2. The van der Waals surface area contributed by atoms with Gasteiger partial charge in [0.1, 0.15) is 16.3 Å². The molecule has 5 rings (SSSR count). The monoisotopic (exact) mass is 673 g/mol. The van der Waals surface area contributed by atoms with Gasteiger partial charge in [-0.1, -0.05) is 23.4 Å². The summed E-state index contributed by atoms with van der Waals surface area (Å²) in [4.78, 5) is 54.9. The first-order chi connectivity index (χ1) is 21.7. The Balaban J connectivity index is 1.37. The summed E-state index contributed by atoms with van der Waals surface area (Å²) < 4.78 is 18.1. The molecule has 2 fully saturated rings. The van der Waals surface area contributed by atoms with Gasteiger partial charge < -0.3 is 30.2 Å². The summed E-state index contributed by atoms with van der Waals surface area (Å²) in [5.41, 5.74) is 5.88. The maximum atomic E-state index is 13.2. The summed E-state index contributed by atoms with van der Waals surface area (Å²) >= 11 is 7.87. The van der Waals surface area contributed by atoms with Crippen molar-refractivity contribution >= 4 is 57.8 Å². The van der Waals surface area contributed by atoms with Crippen molar-refractivity contribution in [2.24, 2.45) is 5.41 Å². The van der Waals surface area contributed by atoms with Crippen molar-refractivity contribution in [1.82, 2.24) is 24.8 Å². The van der Waals surface area contributed by atoms with Crippen molar-refractivity contribution in [3.8, 4) is 0 Å². The molecule has 0 aliphatic carbocycles. The van der Waals surface area contributed by atoms with Gasteiger partial charge in [-0.15, -0.1) is 0 Å². The Morgan fingerprint density at radius 1 is 1.24 bits per heavy atom. The number of halogens is 1. The molecule has 1 spiro atoms. The Labute approximate surface area is 276 Å². The molecule has 2 aliphatic rings. The number of hydrogen-bond acceptors (Lipinski definition) is 12. The van der Waals surface area contributed by atoms with E-state index in [4.69, 9.17) is 31.5 Å². The zero-order valence-electron chi connectivity index (χ0n) is 26.9. The van der Waals surface area contributed by atoms with Crippen LogP contribution in [0.15, 0.2) is 33.2 Å². The minimum atomic E-state index is -0.613. The minimum absolute atomic E-state index is 0.132. The van der Waals surface area contributed by atoms with E-state index in [1.807, 2.05) is 32.6 Å².